The lowest BCUT2D eigenvalue weighted by Gasteiger charge is -1.99. The van der Waals surface area contributed by atoms with E-state index < -0.39 is 10.0 Å². The summed E-state index contributed by atoms with van der Waals surface area (Å²) in [4.78, 5) is 0.187. The Hall–Kier alpha value is -1.47. The number of nitrogens with one attached hydrogen (secondary N) is 2. The Morgan fingerprint density at radius 2 is 1.88 bits per heavy atom. The third-order valence-electron chi connectivity index (χ3n) is 1.93. The van der Waals surface area contributed by atoms with Gasteiger partial charge in [0.05, 0.1) is 0 Å². The van der Waals surface area contributed by atoms with Crippen molar-refractivity contribution >= 4 is 33.2 Å². The van der Waals surface area contributed by atoms with Gasteiger partial charge in [-0.1, -0.05) is 17.7 Å². The van der Waals surface area contributed by atoms with Gasteiger partial charge in [-0.3, -0.25) is 0 Å². The third-order valence-corrected chi connectivity index (χ3v) is 3.50. The average molecular weight is 272 g/mol. The summed E-state index contributed by atoms with van der Waals surface area (Å²) in [5.74, 6) is 0.262. The molecule has 1 aromatic rings. The molecule has 17 heavy (non-hydrogen) atoms. The second kappa shape index (κ2) is 5.24. The molecule has 0 spiro atoms. The molecular formula is C10H14N3O2S2+. The van der Waals surface area contributed by atoms with Gasteiger partial charge in [-0.25, -0.2) is 5.32 Å². The predicted octanol–water partition coefficient (Wildman–Crippen LogP) is -0.984. The van der Waals surface area contributed by atoms with Gasteiger partial charge in [0.1, 0.15) is 4.90 Å². The van der Waals surface area contributed by atoms with Crippen molar-refractivity contribution in [1.82, 2.24) is 5.32 Å². The lowest BCUT2D eigenvalue weighted by Crippen LogP contribution is -2.79. The van der Waals surface area contributed by atoms with Crippen LogP contribution in [0, 0.1) is 6.92 Å². The fourth-order valence-electron chi connectivity index (χ4n) is 1.19. The smallest absolute Gasteiger partial charge is 0.328 e. The maximum absolute atomic E-state index is 11.9. The normalized spacial score (nSPS) is 12.2. The highest BCUT2D eigenvalue weighted by Gasteiger charge is 2.16. The zero-order valence-electron chi connectivity index (χ0n) is 9.52. The maximum atomic E-state index is 11.9. The largest absolute Gasteiger partial charge is 0.357 e. The molecule has 0 saturated heterocycles. The first-order chi connectivity index (χ1) is 7.81. The van der Waals surface area contributed by atoms with Crippen LogP contribution in [0.5, 0.6) is 0 Å². The van der Waals surface area contributed by atoms with Crippen LogP contribution in [0.2, 0.25) is 0 Å². The molecule has 0 bridgehead atoms. The van der Waals surface area contributed by atoms with Gasteiger partial charge in [-0.15, -0.1) is 0 Å². The van der Waals surface area contributed by atoms with Crippen molar-refractivity contribution in [1.29, 1.82) is 0 Å². The molecule has 0 aliphatic rings. The molecule has 0 aliphatic heterocycles. The predicted molar refractivity (Wildman–Crippen MR) is 69.9 cm³/mol. The number of thiocarbonyl (C=S) groups is 1. The first-order valence-corrected chi connectivity index (χ1v) is 6.70. The number of nitrogens with two attached hydrogens (primary N) is 1. The molecule has 0 radical (unpaired) electrons. The van der Waals surface area contributed by atoms with Crippen LogP contribution in [0.15, 0.2) is 29.2 Å². The maximum Gasteiger partial charge on any atom is 0.328 e. The molecule has 0 amide bonds. The molecule has 0 atom stereocenters. The Bertz CT molecular complexity index is 547. The molecule has 5 nitrogen and oxygen atoms in total. The summed E-state index contributed by atoms with van der Waals surface area (Å²) in [7, 11) is -3.59. The first kappa shape index (κ1) is 13.6. The molecule has 92 valence electrons. The van der Waals surface area contributed by atoms with Crippen molar-refractivity contribution in [3.63, 3.8) is 0 Å². The van der Waals surface area contributed by atoms with Gasteiger partial charge in [-0.2, -0.15) is 12.8 Å². The standard InChI is InChI=1S/C10H13N3O2S2/c1-7-3-5-9(6-4-7)17(14,15)13-8(2)12-10(11)16/h3-6H,1-2H3,(H3,11,12,13,16)/p+1. The van der Waals surface area contributed by atoms with Crippen molar-refractivity contribution in [2.24, 2.45) is 5.73 Å². The van der Waals surface area contributed by atoms with Gasteiger partial charge in [0.15, 0.2) is 0 Å². The molecule has 7 heteroatoms. The number of hydrogen-bond acceptors (Lipinski definition) is 3. The van der Waals surface area contributed by atoms with E-state index in [0.29, 0.717) is 0 Å². The van der Waals surface area contributed by atoms with E-state index in [-0.39, 0.29) is 15.8 Å². The van der Waals surface area contributed by atoms with Crippen molar-refractivity contribution in [3.05, 3.63) is 29.8 Å². The lowest BCUT2D eigenvalue weighted by atomic mass is 10.2. The molecular weight excluding hydrogens is 258 g/mol. The van der Waals surface area contributed by atoms with E-state index in [1.807, 2.05) is 6.92 Å². The van der Waals surface area contributed by atoms with E-state index in [1.54, 1.807) is 12.1 Å². The van der Waals surface area contributed by atoms with E-state index in [9.17, 15) is 8.42 Å². The highest BCUT2D eigenvalue weighted by Crippen LogP contribution is 2.06. The number of aryl methyl sites for hydroxylation is 1. The van der Waals surface area contributed by atoms with E-state index in [4.69, 9.17) is 5.73 Å². The van der Waals surface area contributed by atoms with E-state index in [2.05, 4.69) is 21.9 Å². The Balaban J connectivity index is 3.04. The minimum Gasteiger partial charge on any atom is -0.357 e. The van der Waals surface area contributed by atoms with Gasteiger partial charge in [0.2, 0.25) is 0 Å². The first-order valence-electron chi connectivity index (χ1n) is 4.81. The summed E-state index contributed by atoms with van der Waals surface area (Å²) in [6.07, 6.45) is 0. The van der Waals surface area contributed by atoms with E-state index in [0.717, 1.165) is 5.56 Å². The third kappa shape index (κ3) is 4.12. The van der Waals surface area contributed by atoms with Gasteiger partial charge < -0.3 is 5.73 Å². The van der Waals surface area contributed by atoms with Crippen LogP contribution in [-0.2, 0) is 10.0 Å². The number of amidine groups is 1. The second-order valence-corrected chi connectivity index (χ2v) is 5.66. The molecule has 0 fully saturated rings. The molecule has 4 N–H and O–H groups in total. The van der Waals surface area contributed by atoms with Crippen molar-refractivity contribution < 1.29 is 12.8 Å². The zero-order chi connectivity index (χ0) is 13.1. The van der Waals surface area contributed by atoms with Gasteiger partial charge in [-0.05, 0) is 31.3 Å². The number of hydrogen-bond donors (Lipinski definition) is 3. The highest BCUT2D eigenvalue weighted by molar-refractivity contribution is 7.84. The number of benzene rings is 1. The van der Waals surface area contributed by atoms with Crippen LogP contribution in [-0.4, -0.2) is 19.4 Å². The van der Waals surface area contributed by atoms with E-state index in [1.165, 1.54) is 19.1 Å². The van der Waals surface area contributed by atoms with Crippen molar-refractivity contribution in [2.45, 2.75) is 18.7 Å². The number of rotatable bonds is 2. The summed E-state index contributed by atoms with van der Waals surface area (Å²) in [5.41, 5.74) is 6.23. The Labute approximate surface area is 106 Å². The Morgan fingerprint density at radius 1 is 1.35 bits per heavy atom. The fraction of sp³-hybridized carbons (Fsp3) is 0.200. The SMILES string of the molecule is CC(NC(N)=S)=[NH+]S(=O)(=O)c1ccc(C)cc1. The van der Waals surface area contributed by atoms with Gasteiger partial charge in [0, 0.05) is 6.92 Å². The van der Waals surface area contributed by atoms with Crippen LogP contribution in [0.3, 0.4) is 0 Å². The average Bonchev–Trinajstić information content (AvgIpc) is 2.15. The molecule has 0 unspecified atom stereocenters. The molecule has 1 aromatic carbocycles. The van der Waals surface area contributed by atoms with Crippen LogP contribution >= 0.6 is 12.2 Å². The van der Waals surface area contributed by atoms with Gasteiger partial charge >= 0.3 is 10.0 Å². The lowest BCUT2D eigenvalue weighted by molar-refractivity contribution is -0.270. The molecule has 0 aromatic heterocycles. The summed E-state index contributed by atoms with van der Waals surface area (Å²) in [6.45, 7) is 3.42. The fourth-order valence-corrected chi connectivity index (χ4v) is 2.41. The minimum atomic E-state index is -3.59. The summed E-state index contributed by atoms with van der Waals surface area (Å²) in [5, 5.41) is 2.52. The monoisotopic (exact) mass is 272 g/mol. The molecule has 1 rings (SSSR count). The topological polar surface area (TPSA) is 86.2 Å². The minimum absolute atomic E-state index is 0.00843. The summed E-state index contributed by atoms with van der Waals surface area (Å²) >= 11 is 4.61. The summed E-state index contributed by atoms with van der Waals surface area (Å²) in [6, 6.07) is 6.52. The molecule has 0 aliphatic carbocycles. The van der Waals surface area contributed by atoms with Crippen LogP contribution in [0.1, 0.15) is 12.5 Å². The van der Waals surface area contributed by atoms with Crippen LogP contribution in [0.25, 0.3) is 0 Å². The Kier molecular flexibility index (Phi) is 4.19. The molecule has 0 heterocycles. The zero-order valence-corrected chi connectivity index (χ0v) is 11.2. The van der Waals surface area contributed by atoms with Crippen molar-refractivity contribution in [3.8, 4) is 0 Å². The number of sulfonamides is 1. The van der Waals surface area contributed by atoms with Crippen molar-refractivity contribution in [2.75, 3.05) is 0 Å². The summed E-state index contributed by atoms with van der Waals surface area (Å²) < 4.78 is 26.1. The molecule has 0 saturated carbocycles. The van der Waals surface area contributed by atoms with Crippen LogP contribution < -0.4 is 15.4 Å². The van der Waals surface area contributed by atoms with Crippen LogP contribution in [0.4, 0.5) is 0 Å². The quantitative estimate of drug-likeness (QED) is 0.366. The van der Waals surface area contributed by atoms with E-state index >= 15 is 0 Å². The van der Waals surface area contributed by atoms with Gasteiger partial charge in [0.25, 0.3) is 10.9 Å². The highest BCUT2D eigenvalue weighted by atomic mass is 32.2. The Morgan fingerprint density at radius 3 is 2.35 bits per heavy atom. The second-order valence-electron chi connectivity index (χ2n) is 3.53.